The largest absolute Gasteiger partial charge is 0.496 e. The summed E-state index contributed by atoms with van der Waals surface area (Å²) in [6.45, 7) is 3.90. The molecule has 4 nitrogen and oxygen atoms in total. The Bertz CT molecular complexity index is 380. The van der Waals surface area contributed by atoms with Crippen molar-refractivity contribution in [3.05, 3.63) is 23.3 Å². The van der Waals surface area contributed by atoms with Gasteiger partial charge in [-0.1, -0.05) is 6.07 Å². The molecule has 0 aliphatic carbocycles. The maximum atomic E-state index is 5.50. The molecule has 0 bridgehead atoms. The van der Waals surface area contributed by atoms with Gasteiger partial charge in [-0.15, -0.1) is 0 Å². The molecule has 0 radical (unpaired) electrons. The molecule has 1 N–H and O–H groups in total. The molecule has 0 spiro atoms. The Morgan fingerprint density at radius 3 is 2.50 bits per heavy atom. The molecule has 0 aromatic heterocycles. The van der Waals surface area contributed by atoms with Gasteiger partial charge in [0.05, 0.1) is 14.2 Å². The van der Waals surface area contributed by atoms with E-state index in [4.69, 9.17) is 9.47 Å². The molecule has 0 atom stereocenters. The van der Waals surface area contributed by atoms with Crippen molar-refractivity contribution in [1.29, 1.82) is 0 Å². The number of hydrogen-bond acceptors (Lipinski definition) is 4. The topological polar surface area (TPSA) is 33.7 Å². The third kappa shape index (κ3) is 3.62. The fourth-order valence-electron chi connectivity index (χ4n) is 2.09. The minimum atomic E-state index is 0.874. The van der Waals surface area contributed by atoms with Crippen molar-refractivity contribution in [2.45, 2.75) is 13.3 Å². The van der Waals surface area contributed by atoms with Gasteiger partial charge in [0.2, 0.25) is 0 Å². The standard InChI is InChI=1S/C14H24N2O2/c1-11-13(17-4)7-6-12(14(11)18-5)8-9-16(3)10-15-2/h6-7,15H,8-10H2,1-5H3. The van der Waals surface area contributed by atoms with Crippen LogP contribution in [0.5, 0.6) is 11.5 Å². The average molecular weight is 252 g/mol. The Labute approximate surface area is 110 Å². The second kappa shape index (κ2) is 7.24. The van der Waals surface area contributed by atoms with E-state index in [2.05, 4.69) is 23.3 Å². The Morgan fingerprint density at radius 2 is 1.94 bits per heavy atom. The van der Waals surface area contributed by atoms with Gasteiger partial charge >= 0.3 is 0 Å². The fraction of sp³-hybridized carbons (Fsp3) is 0.571. The van der Waals surface area contributed by atoms with Gasteiger partial charge in [0.25, 0.3) is 0 Å². The van der Waals surface area contributed by atoms with Crippen LogP contribution in [-0.2, 0) is 6.42 Å². The highest BCUT2D eigenvalue weighted by molar-refractivity contribution is 5.49. The van der Waals surface area contributed by atoms with Gasteiger partial charge in [-0.25, -0.2) is 0 Å². The zero-order chi connectivity index (χ0) is 13.5. The number of benzene rings is 1. The van der Waals surface area contributed by atoms with E-state index >= 15 is 0 Å². The first-order valence-corrected chi connectivity index (χ1v) is 6.17. The smallest absolute Gasteiger partial charge is 0.128 e. The lowest BCUT2D eigenvalue weighted by Crippen LogP contribution is -2.30. The van der Waals surface area contributed by atoms with E-state index in [1.807, 2.05) is 20.0 Å². The van der Waals surface area contributed by atoms with Crippen LogP contribution in [0.3, 0.4) is 0 Å². The summed E-state index contributed by atoms with van der Waals surface area (Å²) in [4.78, 5) is 2.24. The zero-order valence-electron chi connectivity index (χ0n) is 12.0. The molecule has 1 aromatic rings. The van der Waals surface area contributed by atoms with Crippen LogP contribution in [0.15, 0.2) is 12.1 Å². The van der Waals surface area contributed by atoms with E-state index in [1.54, 1.807) is 14.2 Å². The molecule has 102 valence electrons. The summed E-state index contributed by atoms with van der Waals surface area (Å²) >= 11 is 0. The molecule has 1 aromatic carbocycles. The van der Waals surface area contributed by atoms with Crippen LogP contribution in [0.1, 0.15) is 11.1 Å². The summed E-state index contributed by atoms with van der Waals surface area (Å²) < 4.78 is 10.8. The van der Waals surface area contributed by atoms with Gasteiger partial charge in [-0.05, 0) is 39.1 Å². The van der Waals surface area contributed by atoms with Crippen LogP contribution in [0.4, 0.5) is 0 Å². The van der Waals surface area contributed by atoms with Crippen molar-refractivity contribution in [2.75, 3.05) is 41.5 Å². The van der Waals surface area contributed by atoms with Crippen LogP contribution in [0.2, 0.25) is 0 Å². The molecule has 0 aliphatic rings. The second-order valence-electron chi connectivity index (χ2n) is 4.43. The predicted molar refractivity (Wildman–Crippen MR) is 74.5 cm³/mol. The summed E-state index contributed by atoms with van der Waals surface area (Å²) in [6.07, 6.45) is 0.964. The van der Waals surface area contributed by atoms with Gasteiger partial charge in [0, 0.05) is 18.8 Å². The number of likely N-dealkylation sites (N-methyl/N-ethyl adjacent to an activating group) is 1. The molecule has 0 aliphatic heterocycles. The van der Waals surface area contributed by atoms with Gasteiger partial charge in [-0.3, -0.25) is 4.90 Å². The van der Waals surface area contributed by atoms with Gasteiger partial charge < -0.3 is 14.8 Å². The molecular formula is C14H24N2O2. The SMILES string of the molecule is CNCN(C)CCc1ccc(OC)c(C)c1OC. The molecular weight excluding hydrogens is 228 g/mol. The molecule has 4 heteroatoms. The third-order valence-corrected chi connectivity index (χ3v) is 3.05. The van der Waals surface area contributed by atoms with E-state index in [0.29, 0.717) is 0 Å². The molecule has 0 unspecified atom stereocenters. The quantitative estimate of drug-likeness (QED) is 0.748. The first-order chi connectivity index (χ1) is 8.63. The van der Waals surface area contributed by atoms with E-state index in [9.17, 15) is 0 Å². The summed E-state index contributed by atoms with van der Waals surface area (Å²) in [7, 11) is 7.44. The number of ether oxygens (including phenoxy) is 2. The number of nitrogens with one attached hydrogen (secondary N) is 1. The second-order valence-corrected chi connectivity index (χ2v) is 4.43. The van der Waals surface area contributed by atoms with Crippen LogP contribution in [0.25, 0.3) is 0 Å². The van der Waals surface area contributed by atoms with E-state index in [0.717, 1.165) is 36.7 Å². The monoisotopic (exact) mass is 252 g/mol. The highest BCUT2D eigenvalue weighted by Gasteiger charge is 2.11. The molecule has 0 fully saturated rings. The summed E-state index contributed by atoms with van der Waals surface area (Å²) in [6, 6.07) is 4.09. The van der Waals surface area contributed by atoms with Crippen LogP contribution in [-0.4, -0.2) is 46.4 Å². The van der Waals surface area contributed by atoms with Gasteiger partial charge in [-0.2, -0.15) is 0 Å². The van der Waals surface area contributed by atoms with Crippen molar-refractivity contribution in [1.82, 2.24) is 10.2 Å². The molecule has 0 saturated carbocycles. The molecule has 0 amide bonds. The maximum absolute atomic E-state index is 5.50. The van der Waals surface area contributed by atoms with Crippen molar-refractivity contribution >= 4 is 0 Å². The van der Waals surface area contributed by atoms with Crippen molar-refractivity contribution in [2.24, 2.45) is 0 Å². The predicted octanol–water partition coefficient (Wildman–Crippen LogP) is 1.66. The normalized spacial score (nSPS) is 10.8. The van der Waals surface area contributed by atoms with Crippen LogP contribution < -0.4 is 14.8 Å². The average Bonchev–Trinajstić information content (AvgIpc) is 2.36. The molecule has 0 saturated heterocycles. The lowest BCUT2D eigenvalue weighted by Gasteiger charge is -2.18. The van der Waals surface area contributed by atoms with Crippen molar-refractivity contribution in [3.8, 4) is 11.5 Å². The van der Waals surface area contributed by atoms with Crippen LogP contribution >= 0.6 is 0 Å². The zero-order valence-corrected chi connectivity index (χ0v) is 12.0. The third-order valence-electron chi connectivity index (χ3n) is 3.05. The van der Waals surface area contributed by atoms with Gasteiger partial charge in [0.15, 0.2) is 0 Å². The first kappa shape index (κ1) is 14.8. The van der Waals surface area contributed by atoms with E-state index in [1.165, 1.54) is 5.56 Å². The minimum absolute atomic E-state index is 0.874. The number of hydrogen-bond donors (Lipinski definition) is 1. The maximum Gasteiger partial charge on any atom is 0.128 e. The van der Waals surface area contributed by atoms with Crippen molar-refractivity contribution < 1.29 is 9.47 Å². The van der Waals surface area contributed by atoms with Gasteiger partial charge in [0.1, 0.15) is 11.5 Å². The highest BCUT2D eigenvalue weighted by Crippen LogP contribution is 2.31. The Hall–Kier alpha value is -1.26. The van der Waals surface area contributed by atoms with Crippen molar-refractivity contribution in [3.63, 3.8) is 0 Å². The molecule has 18 heavy (non-hydrogen) atoms. The first-order valence-electron chi connectivity index (χ1n) is 6.17. The summed E-state index contributed by atoms with van der Waals surface area (Å²) in [5.41, 5.74) is 2.28. The molecule has 1 rings (SSSR count). The lowest BCUT2D eigenvalue weighted by atomic mass is 10.1. The highest BCUT2D eigenvalue weighted by atomic mass is 16.5. The number of methoxy groups -OCH3 is 2. The number of rotatable bonds is 7. The summed E-state index contributed by atoms with van der Waals surface area (Å²) in [5.74, 6) is 1.81. The Balaban J connectivity index is 2.79. The number of nitrogens with zero attached hydrogens (tertiary/aromatic N) is 1. The lowest BCUT2D eigenvalue weighted by molar-refractivity contribution is 0.318. The fourth-order valence-corrected chi connectivity index (χ4v) is 2.09. The minimum Gasteiger partial charge on any atom is -0.496 e. The van der Waals surface area contributed by atoms with Crippen LogP contribution in [0, 0.1) is 6.92 Å². The Kier molecular flexibility index (Phi) is 5.95. The Morgan fingerprint density at radius 1 is 1.22 bits per heavy atom. The molecule has 0 heterocycles. The van der Waals surface area contributed by atoms with E-state index in [-0.39, 0.29) is 0 Å². The van der Waals surface area contributed by atoms with E-state index < -0.39 is 0 Å². The summed E-state index contributed by atoms with van der Waals surface area (Å²) in [5, 5.41) is 3.14.